The Morgan fingerprint density at radius 1 is 1.44 bits per heavy atom. The molecule has 10 heteroatoms. The lowest BCUT2D eigenvalue weighted by Gasteiger charge is -2.22. The molecule has 0 atom stereocenters. The molecule has 0 radical (unpaired) electrons. The van der Waals surface area contributed by atoms with Crippen LogP contribution in [0.4, 0.5) is 0 Å². The van der Waals surface area contributed by atoms with E-state index < -0.39 is 10.0 Å². The van der Waals surface area contributed by atoms with Crippen LogP contribution in [-0.2, 0) is 14.8 Å². The molecule has 0 saturated heterocycles. The lowest BCUT2D eigenvalue weighted by Crippen LogP contribution is -2.43. The Balaban J connectivity index is 0.00000312. The standard InChI is InChI=1S/C15H26N4O3S2.HI/c1-16-15(19(2)9-10-22-12-13-5-6-13)17-7-8-18-24(20,21)14-4-3-11-23-14;/h3-4,11,13,18H,5-10,12H2,1-2H3,(H,16,17);1H. The van der Waals surface area contributed by atoms with E-state index in [0.717, 1.165) is 25.0 Å². The first-order valence-corrected chi connectivity index (χ1v) is 10.4. The number of ether oxygens (including phenoxy) is 1. The molecule has 1 fully saturated rings. The second kappa shape index (κ2) is 11.3. The summed E-state index contributed by atoms with van der Waals surface area (Å²) in [6, 6.07) is 3.31. The minimum Gasteiger partial charge on any atom is -0.379 e. The van der Waals surface area contributed by atoms with Crippen LogP contribution < -0.4 is 10.0 Å². The fourth-order valence-corrected chi connectivity index (χ4v) is 4.14. The summed E-state index contributed by atoms with van der Waals surface area (Å²) in [5.41, 5.74) is 0. The van der Waals surface area contributed by atoms with E-state index in [4.69, 9.17) is 4.74 Å². The van der Waals surface area contributed by atoms with Crippen LogP contribution in [0, 0.1) is 5.92 Å². The van der Waals surface area contributed by atoms with Gasteiger partial charge in [0.15, 0.2) is 5.96 Å². The van der Waals surface area contributed by atoms with E-state index >= 15 is 0 Å². The smallest absolute Gasteiger partial charge is 0.250 e. The van der Waals surface area contributed by atoms with Gasteiger partial charge in [-0.2, -0.15) is 0 Å². The van der Waals surface area contributed by atoms with Gasteiger partial charge in [-0.25, -0.2) is 13.1 Å². The normalized spacial score (nSPS) is 14.9. The van der Waals surface area contributed by atoms with E-state index in [-0.39, 0.29) is 24.0 Å². The lowest BCUT2D eigenvalue weighted by molar-refractivity contribution is 0.115. The number of thiophene rings is 1. The van der Waals surface area contributed by atoms with Crippen molar-refractivity contribution >= 4 is 51.3 Å². The minimum absolute atomic E-state index is 0. The maximum absolute atomic E-state index is 12.0. The molecule has 2 rings (SSSR count). The number of nitrogens with one attached hydrogen (secondary N) is 2. The zero-order valence-electron chi connectivity index (χ0n) is 14.6. The number of aliphatic imine (C=N–C) groups is 1. The number of nitrogens with zero attached hydrogens (tertiary/aromatic N) is 2. The Bertz CT molecular complexity index is 619. The maximum atomic E-state index is 12.0. The molecular formula is C15H27IN4O3S2. The molecule has 0 aromatic carbocycles. The molecular weight excluding hydrogens is 475 g/mol. The van der Waals surface area contributed by atoms with Crippen LogP contribution in [0.15, 0.2) is 26.7 Å². The van der Waals surface area contributed by atoms with Crippen LogP contribution in [0.2, 0.25) is 0 Å². The van der Waals surface area contributed by atoms with Crippen molar-refractivity contribution in [2.45, 2.75) is 17.1 Å². The van der Waals surface area contributed by atoms with E-state index in [2.05, 4.69) is 15.0 Å². The van der Waals surface area contributed by atoms with Crippen molar-refractivity contribution in [3.05, 3.63) is 17.5 Å². The third kappa shape index (κ3) is 8.20. The second-order valence-electron chi connectivity index (χ2n) is 5.74. The summed E-state index contributed by atoms with van der Waals surface area (Å²) in [5.74, 6) is 1.49. The van der Waals surface area contributed by atoms with Crippen molar-refractivity contribution in [2.75, 3.05) is 46.9 Å². The summed E-state index contributed by atoms with van der Waals surface area (Å²) in [6.07, 6.45) is 2.58. The molecule has 0 unspecified atom stereocenters. The monoisotopic (exact) mass is 502 g/mol. The van der Waals surface area contributed by atoms with Gasteiger partial charge in [-0.05, 0) is 30.2 Å². The number of hydrogen-bond acceptors (Lipinski definition) is 5. The summed E-state index contributed by atoms with van der Waals surface area (Å²) >= 11 is 1.20. The first kappa shape index (κ1) is 22.6. The summed E-state index contributed by atoms with van der Waals surface area (Å²) in [4.78, 5) is 6.17. The van der Waals surface area contributed by atoms with Crippen LogP contribution in [0.3, 0.4) is 0 Å². The van der Waals surface area contributed by atoms with Gasteiger partial charge in [-0.3, -0.25) is 4.99 Å². The highest BCUT2D eigenvalue weighted by Gasteiger charge is 2.21. The van der Waals surface area contributed by atoms with Crippen LogP contribution in [0.1, 0.15) is 12.8 Å². The van der Waals surface area contributed by atoms with Crippen molar-refractivity contribution in [2.24, 2.45) is 10.9 Å². The summed E-state index contributed by atoms with van der Waals surface area (Å²) < 4.78 is 32.5. The van der Waals surface area contributed by atoms with Gasteiger partial charge in [-0.15, -0.1) is 35.3 Å². The molecule has 0 spiro atoms. The quantitative estimate of drug-likeness (QED) is 0.220. The Labute approximate surface area is 171 Å². The van der Waals surface area contributed by atoms with Gasteiger partial charge < -0.3 is 15.0 Å². The van der Waals surface area contributed by atoms with Gasteiger partial charge in [0, 0.05) is 40.3 Å². The maximum Gasteiger partial charge on any atom is 0.250 e. The number of sulfonamides is 1. The highest BCUT2D eigenvalue weighted by molar-refractivity contribution is 14.0. The van der Waals surface area contributed by atoms with Crippen molar-refractivity contribution in [3.8, 4) is 0 Å². The first-order chi connectivity index (χ1) is 11.5. The fraction of sp³-hybridized carbons (Fsp3) is 0.667. The van der Waals surface area contributed by atoms with Crippen LogP contribution in [0.25, 0.3) is 0 Å². The molecule has 1 aliphatic carbocycles. The third-order valence-electron chi connectivity index (χ3n) is 3.66. The predicted molar refractivity (Wildman–Crippen MR) is 112 cm³/mol. The molecule has 7 nitrogen and oxygen atoms in total. The van der Waals surface area contributed by atoms with Gasteiger partial charge in [-0.1, -0.05) is 6.07 Å². The molecule has 144 valence electrons. The van der Waals surface area contributed by atoms with Gasteiger partial charge >= 0.3 is 0 Å². The molecule has 1 aromatic heterocycles. The van der Waals surface area contributed by atoms with E-state index in [9.17, 15) is 8.42 Å². The second-order valence-corrected chi connectivity index (χ2v) is 8.69. The van der Waals surface area contributed by atoms with Gasteiger partial charge in [0.1, 0.15) is 4.21 Å². The number of likely N-dealkylation sites (N-methyl/N-ethyl adjacent to an activating group) is 1. The number of rotatable bonds is 10. The van der Waals surface area contributed by atoms with Crippen molar-refractivity contribution in [1.29, 1.82) is 0 Å². The van der Waals surface area contributed by atoms with Crippen molar-refractivity contribution < 1.29 is 13.2 Å². The Kier molecular flexibility index (Phi) is 10.2. The highest BCUT2D eigenvalue weighted by Crippen LogP contribution is 2.28. The lowest BCUT2D eigenvalue weighted by atomic mass is 10.5. The van der Waals surface area contributed by atoms with E-state index in [1.165, 1.54) is 24.2 Å². The topological polar surface area (TPSA) is 83.0 Å². The largest absolute Gasteiger partial charge is 0.379 e. The Morgan fingerprint density at radius 3 is 2.80 bits per heavy atom. The fourth-order valence-electron chi connectivity index (χ4n) is 2.07. The van der Waals surface area contributed by atoms with Crippen molar-refractivity contribution in [3.63, 3.8) is 0 Å². The molecule has 0 bridgehead atoms. The molecule has 1 aliphatic rings. The third-order valence-corrected chi connectivity index (χ3v) is 6.51. The molecule has 0 amide bonds. The average Bonchev–Trinajstić information content (AvgIpc) is 3.20. The summed E-state index contributed by atoms with van der Waals surface area (Å²) in [5, 5.41) is 4.89. The molecule has 0 aliphatic heterocycles. The SMILES string of the molecule is CN=C(NCCNS(=O)(=O)c1cccs1)N(C)CCOCC1CC1.I. The van der Waals surface area contributed by atoms with E-state index in [0.29, 0.717) is 23.9 Å². The van der Waals surface area contributed by atoms with Gasteiger partial charge in [0.05, 0.1) is 6.61 Å². The van der Waals surface area contributed by atoms with E-state index in [1.807, 2.05) is 11.9 Å². The number of guanidine groups is 1. The minimum atomic E-state index is -3.41. The Hall–Kier alpha value is -0.430. The molecule has 1 saturated carbocycles. The van der Waals surface area contributed by atoms with Gasteiger partial charge in [0.2, 0.25) is 10.0 Å². The van der Waals surface area contributed by atoms with E-state index in [1.54, 1.807) is 24.6 Å². The van der Waals surface area contributed by atoms with Gasteiger partial charge in [0.25, 0.3) is 0 Å². The summed E-state index contributed by atoms with van der Waals surface area (Å²) in [6.45, 7) is 3.02. The summed E-state index contributed by atoms with van der Waals surface area (Å²) in [7, 11) is 0.238. The highest BCUT2D eigenvalue weighted by atomic mass is 127. The Morgan fingerprint density at radius 2 is 2.20 bits per heavy atom. The molecule has 1 aromatic rings. The van der Waals surface area contributed by atoms with Crippen LogP contribution >= 0.6 is 35.3 Å². The predicted octanol–water partition coefficient (Wildman–Crippen LogP) is 1.58. The van der Waals surface area contributed by atoms with Crippen LogP contribution in [-0.4, -0.2) is 66.2 Å². The zero-order valence-corrected chi connectivity index (χ0v) is 18.6. The zero-order chi connectivity index (χ0) is 17.4. The van der Waals surface area contributed by atoms with Crippen molar-refractivity contribution in [1.82, 2.24) is 14.9 Å². The number of halogens is 1. The number of hydrogen-bond donors (Lipinski definition) is 2. The average molecular weight is 502 g/mol. The molecule has 1 heterocycles. The molecule has 2 N–H and O–H groups in total. The molecule has 25 heavy (non-hydrogen) atoms. The van der Waals surface area contributed by atoms with Crippen LogP contribution in [0.5, 0.6) is 0 Å². The first-order valence-electron chi connectivity index (χ1n) is 8.05.